The van der Waals surface area contributed by atoms with Crippen LogP contribution in [0, 0.1) is 6.92 Å². The summed E-state index contributed by atoms with van der Waals surface area (Å²) in [7, 11) is 0. The van der Waals surface area contributed by atoms with E-state index in [1.165, 1.54) is 18.7 Å². The van der Waals surface area contributed by atoms with Gasteiger partial charge in [-0.25, -0.2) is 20.8 Å². The van der Waals surface area contributed by atoms with E-state index in [0.29, 0.717) is 16.6 Å². The molecular formula is C9H12N8O. The Kier molecular flexibility index (Phi) is 3.17. The third-order valence-corrected chi connectivity index (χ3v) is 2.06. The molecule has 0 saturated heterocycles. The van der Waals surface area contributed by atoms with Crippen LogP contribution in [-0.2, 0) is 0 Å². The molecule has 9 nitrogen and oxygen atoms in total. The molecule has 0 aromatic carbocycles. The molecule has 0 amide bonds. The van der Waals surface area contributed by atoms with Gasteiger partial charge in [0, 0.05) is 11.8 Å². The predicted molar refractivity (Wildman–Crippen MR) is 64.1 cm³/mol. The zero-order valence-corrected chi connectivity index (χ0v) is 9.59. The second-order valence-corrected chi connectivity index (χ2v) is 3.46. The third kappa shape index (κ3) is 2.42. The fourth-order valence-corrected chi connectivity index (χ4v) is 1.28. The summed E-state index contributed by atoms with van der Waals surface area (Å²) in [6.45, 7) is 1.72. The molecule has 0 aliphatic carbocycles. The number of aryl methyl sites for hydroxylation is 1. The van der Waals surface area contributed by atoms with E-state index < -0.39 is 0 Å². The molecule has 0 saturated carbocycles. The number of nitrogens with zero attached hydrogens (tertiary/aromatic N) is 6. The van der Waals surface area contributed by atoms with E-state index in [2.05, 4.69) is 19.9 Å². The zero-order valence-electron chi connectivity index (χ0n) is 9.59. The Bertz CT molecular complexity index is 513. The lowest BCUT2D eigenvalue weighted by molar-refractivity contribution is 0.236. The maximum Gasteiger partial charge on any atom is 0.274 e. The number of hydrazine groups is 2. The van der Waals surface area contributed by atoms with Crippen LogP contribution in [0.25, 0.3) is 0 Å². The molecule has 94 valence electrons. The van der Waals surface area contributed by atoms with Crippen LogP contribution < -0.4 is 21.9 Å². The molecule has 2 aromatic heterocycles. The standard InChI is InChI=1S/C9H12N8O/c1-6-2-8(10)15-9(14-6)17(18)16(11)7-3-12-5-13-4-7/h2-5,18H,11H2,1H3,(H2,10,14,15). The van der Waals surface area contributed by atoms with Crippen LogP contribution in [0.4, 0.5) is 17.5 Å². The second kappa shape index (κ2) is 4.77. The average molecular weight is 248 g/mol. The second-order valence-electron chi connectivity index (χ2n) is 3.46. The fourth-order valence-electron chi connectivity index (χ4n) is 1.28. The lowest BCUT2D eigenvalue weighted by Crippen LogP contribution is -2.47. The molecule has 0 spiro atoms. The van der Waals surface area contributed by atoms with Crippen molar-refractivity contribution in [1.82, 2.24) is 19.9 Å². The molecule has 5 N–H and O–H groups in total. The number of rotatable bonds is 3. The maximum atomic E-state index is 9.89. The highest BCUT2D eigenvalue weighted by Crippen LogP contribution is 2.14. The van der Waals surface area contributed by atoms with E-state index >= 15 is 0 Å². The van der Waals surface area contributed by atoms with E-state index in [0.717, 1.165) is 5.12 Å². The van der Waals surface area contributed by atoms with Crippen molar-refractivity contribution in [2.45, 2.75) is 6.92 Å². The van der Waals surface area contributed by atoms with Crippen LogP contribution in [0.5, 0.6) is 0 Å². The minimum Gasteiger partial charge on any atom is -0.384 e. The van der Waals surface area contributed by atoms with Crippen LogP contribution in [0.15, 0.2) is 24.8 Å². The number of anilines is 3. The van der Waals surface area contributed by atoms with Crippen LogP contribution in [-0.4, -0.2) is 25.1 Å². The Morgan fingerprint density at radius 1 is 1.22 bits per heavy atom. The van der Waals surface area contributed by atoms with Gasteiger partial charge in [-0.1, -0.05) is 0 Å². The Balaban J connectivity index is 2.28. The average Bonchev–Trinajstić information content (AvgIpc) is 2.37. The summed E-state index contributed by atoms with van der Waals surface area (Å²) in [6.07, 6.45) is 4.20. The molecule has 0 unspecified atom stereocenters. The van der Waals surface area contributed by atoms with E-state index in [4.69, 9.17) is 11.6 Å². The molecule has 2 heterocycles. The summed E-state index contributed by atoms with van der Waals surface area (Å²) in [5.41, 5.74) is 6.53. The van der Waals surface area contributed by atoms with Gasteiger partial charge in [-0.3, -0.25) is 5.21 Å². The smallest absolute Gasteiger partial charge is 0.274 e. The van der Waals surface area contributed by atoms with Gasteiger partial charge in [0.1, 0.15) is 17.8 Å². The van der Waals surface area contributed by atoms with E-state index in [1.54, 1.807) is 13.0 Å². The summed E-state index contributed by atoms with van der Waals surface area (Å²) >= 11 is 0. The molecule has 2 rings (SSSR count). The van der Waals surface area contributed by atoms with Crippen molar-refractivity contribution >= 4 is 17.5 Å². The molecule has 0 aliphatic rings. The Morgan fingerprint density at radius 2 is 1.89 bits per heavy atom. The summed E-state index contributed by atoms with van der Waals surface area (Å²) in [4.78, 5) is 15.4. The van der Waals surface area contributed by atoms with Crippen molar-refractivity contribution in [3.05, 3.63) is 30.5 Å². The third-order valence-electron chi connectivity index (χ3n) is 2.06. The summed E-state index contributed by atoms with van der Waals surface area (Å²) in [6, 6.07) is 1.57. The number of nitrogens with two attached hydrogens (primary N) is 2. The summed E-state index contributed by atoms with van der Waals surface area (Å²) in [5.74, 6) is 5.87. The highest BCUT2D eigenvalue weighted by Gasteiger charge is 2.15. The zero-order chi connectivity index (χ0) is 13.1. The molecule has 0 atom stereocenters. The quantitative estimate of drug-likeness (QED) is 0.492. The van der Waals surface area contributed by atoms with Crippen LogP contribution in [0.2, 0.25) is 0 Å². The topological polar surface area (TPSA) is 130 Å². The first-order valence-electron chi connectivity index (χ1n) is 4.98. The minimum absolute atomic E-state index is 0.0427. The highest BCUT2D eigenvalue weighted by molar-refractivity contribution is 5.47. The van der Waals surface area contributed by atoms with Gasteiger partial charge in [-0.05, 0) is 6.92 Å². The van der Waals surface area contributed by atoms with Crippen molar-refractivity contribution in [3.8, 4) is 0 Å². The molecule has 2 aromatic rings. The maximum absolute atomic E-state index is 9.89. The minimum atomic E-state index is -0.0427. The van der Waals surface area contributed by atoms with Gasteiger partial charge in [-0.15, -0.1) is 5.17 Å². The molecule has 0 bridgehead atoms. The molecular weight excluding hydrogens is 236 g/mol. The number of aromatic nitrogens is 4. The SMILES string of the molecule is Cc1cc(N)nc(N(O)N(N)c2cncnc2)n1. The van der Waals surface area contributed by atoms with Crippen molar-refractivity contribution in [2.75, 3.05) is 16.0 Å². The van der Waals surface area contributed by atoms with Gasteiger partial charge in [-0.2, -0.15) is 10.1 Å². The van der Waals surface area contributed by atoms with Crippen molar-refractivity contribution in [3.63, 3.8) is 0 Å². The fraction of sp³-hybridized carbons (Fsp3) is 0.111. The van der Waals surface area contributed by atoms with Gasteiger partial charge >= 0.3 is 0 Å². The first-order valence-corrected chi connectivity index (χ1v) is 4.98. The van der Waals surface area contributed by atoms with Crippen LogP contribution >= 0.6 is 0 Å². The Morgan fingerprint density at radius 3 is 2.50 bits per heavy atom. The monoisotopic (exact) mass is 248 g/mol. The van der Waals surface area contributed by atoms with Gasteiger partial charge in [0.25, 0.3) is 5.95 Å². The normalized spacial score (nSPS) is 10.2. The number of nitrogen functional groups attached to an aromatic ring is 1. The van der Waals surface area contributed by atoms with Crippen molar-refractivity contribution in [2.24, 2.45) is 5.84 Å². The number of hydrogen-bond acceptors (Lipinski definition) is 9. The predicted octanol–water partition coefficient (Wildman–Crippen LogP) is -0.352. The van der Waals surface area contributed by atoms with E-state index in [-0.39, 0.29) is 11.8 Å². The van der Waals surface area contributed by atoms with Gasteiger partial charge < -0.3 is 5.73 Å². The van der Waals surface area contributed by atoms with Crippen LogP contribution in [0.1, 0.15) is 5.69 Å². The first kappa shape index (κ1) is 12.0. The lowest BCUT2D eigenvalue weighted by Gasteiger charge is -2.25. The van der Waals surface area contributed by atoms with Crippen molar-refractivity contribution in [1.29, 1.82) is 0 Å². The molecule has 0 radical (unpaired) electrons. The largest absolute Gasteiger partial charge is 0.384 e. The highest BCUT2D eigenvalue weighted by atomic mass is 16.6. The molecule has 18 heavy (non-hydrogen) atoms. The number of hydrogen-bond donors (Lipinski definition) is 3. The van der Waals surface area contributed by atoms with E-state index in [9.17, 15) is 5.21 Å². The summed E-state index contributed by atoms with van der Waals surface area (Å²) < 4.78 is 0. The van der Waals surface area contributed by atoms with Crippen LogP contribution in [0.3, 0.4) is 0 Å². The summed E-state index contributed by atoms with van der Waals surface area (Å²) in [5, 5.41) is 11.3. The first-order chi connectivity index (χ1) is 8.58. The van der Waals surface area contributed by atoms with E-state index in [1.807, 2.05) is 0 Å². The Hall–Kier alpha value is -2.52. The van der Waals surface area contributed by atoms with Gasteiger partial charge in [0.05, 0.1) is 12.4 Å². The van der Waals surface area contributed by atoms with Crippen molar-refractivity contribution < 1.29 is 5.21 Å². The molecule has 9 heteroatoms. The molecule has 0 aliphatic heterocycles. The van der Waals surface area contributed by atoms with Gasteiger partial charge in [0.15, 0.2) is 0 Å². The molecule has 0 fully saturated rings. The Labute approximate surface area is 103 Å². The lowest BCUT2D eigenvalue weighted by atomic mass is 10.4. The van der Waals surface area contributed by atoms with Gasteiger partial charge in [0.2, 0.25) is 0 Å².